The molecule has 0 atom stereocenters. The lowest BCUT2D eigenvalue weighted by atomic mass is 10.0. The first-order valence-corrected chi connectivity index (χ1v) is 13.6. The number of sulfonamides is 1. The number of nitrogens with one attached hydrogen (secondary N) is 2. The molecule has 0 fully saturated rings. The van der Waals surface area contributed by atoms with E-state index in [1.165, 1.54) is 6.20 Å². The molecule has 0 aliphatic carbocycles. The summed E-state index contributed by atoms with van der Waals surface area (Å²) in [5.74, 6) is -0.380. The van der Waals surface area contributed by atoms with E-state index in [-0.39, 0.29) is 16.9 Å². The van der Waals surface area contributed by atoms with E-state index >= 15 is 0 Å². The molecular weight excluding hydrogens is 512 g/mol. The van der Waals surface area contributed by atoms with E-state index in [4.69, 9.17) is 16.3 Å². The molecule has 0 radical (unpaired) electrons. The molecule has 10 heteroatoms. The number of halogens is 1. The van der Waals surface area contributed by atoms with Gasteiger partial charge in [0.1, 0.15) is 0 Å². The first kappa shape index (κ1) is 26.3. The lowest BCUT2D eigenvalue weighted by Gasteiger charge is -2.12. The number of carbonyl (C=O) groups excluding carboxylic acids is 1. The maximum atomic E-state index is 12.9. The minimum atomic E-state index is -3.60. The highest BCUT2D eigenvalue weighted by Gasteiger charge is 2.15. The van der Waals surface area contributed by atoms with E-state index in [2.05, 4.69) is 20.0 Å². The average molecular weight is 537 g/mol. The number of carbonyl (C=O) groups is 1. The van der Waals surface area contributed by atoms with Crippen LogP contribution in [-0.2, 0) is 28.0 Å². The van der Waals surface area contributed by atoms with E-state index in [0.717, 1.165) is 22.9 Å². The summed E-state index contributed by atoms with van der Waals surface area (Å²) in [7, 11) is -3.60. The summed E-state index contributed by atoms with van der Waals surface area (Å²) >= 11 is 6.00. The molecule has 0 bridgehead atoms. The second kappa shape index (κ2) is 11.5. The van der Waals surface area contributed by atoms with Crippen LogP contribution in [0.5, 0.6) is 0 Å². The van der Waals surface area contributed by atoms with Gasteiger partial charge in [-0.05, 0) is 47.9 Å². The number of hydrogen-bond donors (Lipinski definition) is 2. The molecule has 4 aromatic rings. The van der Waals surface area contributed by atoms with Gasteiger partial charge in [-0.1, -0.05) is 60.1 Å². The van der Waals surface area contributed by atoms with Crippen LogP contribution in [0.15, 0.2) is 79.0 Å². The van der Waals surface area contributed by atoms with Crippen LogP contribution in [0.2, 0.25) is 5.15 Å². The van der Waals surface area contributed by atoms with E-state index in [1.54, 1.807) is 18.2 Å². The molecule has 0 spiro atoms. The Labute approximate surface area is 220 Å². The third-order valence-electron chi connectivity index (χ3n) is 5.38. The maximum absolute atomic E-state index is 12.9. The highest BCUT2D eigenvalue weighted by atomic mass is 35.5. The minimum Gasteiger partial charge on any atom is -0.372 e. The standard InChI is InChI=1S/C27H25ClN4O4S/c1-18-8-11-21(14-23(18)24-15-29-25(28)26(31-24)32-37(2,34)35)27(33)30-22-12-9-20(10-13-22)17-36-16-19-6-4-3-5-7-19/h3-15H,16-17H2,1-2H3,(H,30,33)(H,31,32). The molecule has 2 N–H and O–H groups in total. The lowest BCUT2D eigenvalue weighted by molar-refractivity contribution is 0.102. The van der Waals surface area contributed by atoms with Crippen LogP contribution in [0.4, 0.5) is 11.5 Å². The monoisotopic (exact) mass is 536 g/mol. The van der Waals surface area contributed by atoms with Crippen LogP contribution < -0.4 is 10.0 Å². The summed E-state index contributed by atoms with van der Waals surface area (Å²) in [6.45, 7) is 2.84. The fourth-order valence-electron chi connectivity index (χ4n) is 3.53. The quantitative estimate of drug-likeness (QED) is 0.294. The van der Waals surface area contributed by atoms with Crippen LogP contribution in [-0.4, -0.2) is 30.5 Å². The van der Waals surface area contributed by atoms with Gasteiger partial charge in [0.05, 0.1) is 31.4 Å². The number of amides is 1. The van der Waals surface area contributed by atoms with Crippen LogP contribution in [0, 0.1) is 6.92 Å². The molecule has 8 nitrogen and oxygen atoms in total. The van der Waals surface area contributed by atoms with Crippen molar-refractivity contribution in [3.05, 3.63) is 106 Å². The van der Waals surface area contributed by atoms with Crippen LogP contribution in [0.1, 0.15) is 27.0 Å². The summed E-state index contributed by atoms with van der Waals surface area (Å²) in [6, 6.07) is 22.6. The van der Waals surface area contributed by atoms with Gasteiger partial charge in [0.25, 0.3) is 5.91 Å². The predicted octanol–water partition coefficient (Wildman–Crippen LogP) is 5.45. The molecule has 4 rings (SSSR count). The fourth-order valence-corrected chi connectivity index (χ4v) is 4.22. The summed E-state index contributed by atoms with van der Waals surface area (Å²) in [6.07, 6.45) is 2.43. The molecule has 1 amide bonds. The Morgan fingerprint density at radius 2 is 1.65 bits per heavy atom. The third kappa shape index (κ3) is 7.36. The smallest absolute Gasteiger partial charge is 0.255 e. The molecule has 37 heavy (non-hydrogen) atoms. The number of benzene rings is 3. The van der Waals surface area contributed by atoms with Crippen molar-refractivity contribution in [1.82, 2.24) is 9.97 Å². The van der Waals surface area contributed by atoms with Crippen LogP contribution in [0.3, 0.4) is 0 Å². The van der Waals surface area contributed by atoms with Crippen molar-refractivity contribution >= 4 is 39.0 Å². The largest absolute Gasteiger partial charge is 0.372 e. The summed E-state index contributed by atoms with van der Waals surface area (Å²) in [5.41, 5.74) is 4.98. The number of hydrogen-bond acceptors (Lipinski definition) is 6. The SMILES string of the molecule is Cc1ccc(C(=O)Nc2ccc(COCc3ccccc3)cc2)cc1-c1cnc(Cl)c(NS(C)(=O)=O)n1. The Hall–Kier alpha value is -3.79. The van der Waals surface area contributed by atoms with Gasteiger partial charge in [-0.25, -0.2) is 18.4 Å². The first-order chi connectivity index (χ1) is 17.7. The highest BCUT2D eigenvalue weighted by Crippen LogP contribution is 2.27. The minimum absolute atomic E-state index is 0.0744. The normalized spacial score (nSPS) is 11.2. The molecule has 1 aromatic heterocycles. The maximum Gasteiger partial charge on any atom is 0.255 e. The Bertz CT molecular complexity index is 1510. The van der Waals surface area contributed by atoms with Crippen molar-refractivity contribution in [3.8, 4) is 11.3 Å². The second-order valence-electron chi connectivity index (χ2n) is 8.43. The lowest BCUT2D eigenvalue weighted by Crippen LogP contribution is -2.13. The van der Waals surface area contributed by atoms with E-state index in [1.807, 2.05) is 61.5 Å². The zero-order chi connectivity index (χ0) is 26.4. The van der Waals surface area contributed by atoms with Crippen molar-refractivity contribution < 1.29 is 17.9 Å². The molecule has 3 aromatic carbocycles. The van der Waals surface area contributed by atoms with Crippen molar-refractivity contribution in [3.63, 3.8) is 0 Å². The molecule has 0 aliphatic rings. The number of anilines is 2. The average Bonchev–Trinajstić information content (AvgIpc) is 2.86. The molecular formula is C27H25ClN4O4S. The van der Waals surface area contributed by atoms with Gasteiger partial charge in [0, 0.05) is 16.8 Å². The zero-order valence-corrected chi connectivity index (χ0v) is 21.8. The van der Waals surface area contributed by atoms with Gasteiger partial charge in [-0.3, -0.25) is 9.52 Å². The summed E-state index contributed by atoms with van der Waals surface area (Å²) < 4.78 is 31.3. The Balaban J connectivity index is 1.44. The van der Waals surface area contributed by atoms with Gasteiger partial charge in [-0.2, -0.15) is 0 Å². The Kier molecular flexibility index (Phi) is 8.17. The molecule has 0 saturated heterocycles. The van der Waals surface area contributed by atoms with Gasteiger partial charge in [0.2, 0.25) is 10.0 Å². The van der Waals surface area contributed by atoms with Crippen molar-refractivity contribution in [2.24, 2.45) is 0 Å². The number of nitrogens with zero attached hydrogens (tertiary/aromatic N) is 2. The number of ether oxygens (including phenoxy) is 1. The number of rotatable bonds is 9. The third-order valence-corrected chi connectivity index (χ3v) is 6.22. The van der Waals surface area contributed by atoms with Gasteiger partial charge < -0.3 is 10.1 Å². The van der Waals surface area contributed by atoms with E-state index in [9.17, 15) is 13.2 Å². The number of aromatic nitrogens is 2. The molecule has 0 unspecified atom stereocenters. The molecule has 1 heterocycles. The van der Waals surface area contributed by atoms with Gasteiger partial charge in [-0.15, -0.1) is 0 Å². The fraction of sp³-hybridized carbons (Fsp3) is 0.148. The van der Waals surface area contributed by atoms with E-state index < -0.39 is 10.0 Å². The van der Waals surface area contributed by atoms with Crippen molar-refractivity contribution in [2.45, 2.75) is 20.1 Å². The Morgan fingerprint density at radius 3 is 2.32 bits per heavy atom. The second-order valence-corrected chi connectivity index (χ2v) is 10.5. The Morgan fingerprint density at radius 1 is 0.973 bits per heavy atom. The highest BCUT2D eigenvalue weighted by molar-refractivity contribution is 7.92. The van der Waals surface area contributed by atoms with Gasteiger partial charge in [0.15, 0.2) is 11.0 Å². The number of aryl methyl sites for hydroxylation is 1. The van der Waals surface area contributed by atoms with Crippen LogP contribution >= 0.6 is 11.6 Å². The summed E-state index contributed by atoms with van der Waals surface area (Å²) in [5, 5.41) is 2.81. The predicted molar refractivity (Wildman–Crippen MR) is 145 cm³/mol. The summed E-state index contributed by atoms with van der Waals surface area (Å²) in [4.78, 5) is 21.3. The molecule has 0 aliphatic heterocycles. The topological polar surface area (TPSA) is 110 Å². The molecule has 190 valence electrons. The zero-order valence-electron chi connectivity index (χ0n) is 20.2. The van der Waals surface area contributed by atoms with Crippen molar-refractivity contribution in [2.75, 3.05) is 16.3 Å². The first-order valence-electron chi connectivity index (χ1n) is 11.3. The van der Waals surface area contributed by atoms with Crippen LogP contribution in [0.25, 0.3) is 11.3 Å². The van der Waals surface area contributed by atoms with Gasteiger partial charge >= 0.3 is 0 Å². The van der Waals surface area contributed by atoms with Crippen molar-refractivity contribution in [1.29, 1.82) is 0 Å². The molecule has 0 saturated carbocycles. The van der Waals surface area contributed by atoms with E-state index in [0.29, 0.717) is 35.7 Å².